The number of ether oxygens (including phenoxy) is 1. The van der Waals surface area contributed by atoms with Crippen LogP contribution in [-0.2, 0) is 9.53 Å². The van der Waals surface area contributed by atoms with Gasteiger partial charge in [-0.3, -0.25) is 4.79 Å². The molecule has 1 aliphatic heterocycles. The van der Waals surface area contributed by atoms with Crippen molar-refractivity contribution in [2.75, 3.05) is 20.2 Å². The molecule has 0 aromatic rings. The molecule has 3 unspecified atom stereocenters. The van der Waals surface area contributed by atoms with E-state index in [4.69, 9.17) is 15.7 Å². The molecule has 6 nitrogen and oxygen atoms in total. The third-order valence-electron chi connectivity index (χ3n) is 3.68. The third-order valence-corrected chi connectivity index (χ3v) is 3.68. The lowest BCUT2D eigenvalue weighted by Crippen LogP contribution is -2.50. The molecular weight excluding hydrogens is 234 g/mol. The summed E-state index contributed by atoms with van der Waals surface area (Å²) in [5.74, 6) is -0.194. The first-order valence-electron chi connectivity index (χ1n) is 6.34. The molecule has 6 heteroatoms. The molecule has 0 saturated carbocycles. The van der Waals surface area contributed by atoms with E-state index in [1.807, 2.05) is 6.92 Å². The van der Waals surface area contributed by atoms with Gasteiger partial charge in [-0.25, -0.2) is 0 Å². The monoisotopic (exact) mass is 257 g/mol. The zero-order valence-electron chi connectivity index (χ0n) is 11.3. The largest absolute Gasteiger partial charge is 0.409 e. The molecule has 0 radical (unpaired) electrons. The Hall–Kier alpha value is -1.30. The number of carbonyl (C=O) groups excluding carboxylic acids is 1. The van der Waals surface area contributed by atoms with Gasteiger partial charge in [0.1, 0.15) is 0 Å². The van der Waals surface area contributed by atoms with Gasteiger partial charge in [0.25, 0.3) is 0 Å². The van der Waals surface area contributed by atoms with Gasteiger partial charge in [0.05, 0.1) is 12.0 Å². The lowest BCUT2D eigenvalue weighted by Gasteiger charge is -2.37. The number of piperidine rings is 1. The summed E-state index contributed by atoms with van der Waals surface area (Å²) in [6.45, 7) is 5.25. The summed E-state index contributed by atoms with van der Waals surface area (Å²) in [6.07, 6.45) is 1.50. The second-order valence-corrected chi connectivity index (χ2v) is 4.81. The fourth-order valence-corrected chi connectivity index (χ4v) is 2.34. The van der Waals surface area contributed by atoms with Crippen LogP contribution in [0.25, 0.3) is 0 Å². The van der Waals surface area contributed by atoms with E-state index in [9.17, 15) is 4.79 Å². The number of nitrogens with two attached hydrogens (primary N) is 1. The molecule has 3 N–H and O–H groups in total. The zero-order valence-corrected chi connectivity index (χ0v) is 11.3. The number of rotatable bonds is 4. The number of methoxy groups -OCH3 is 1. The number of amidine groups is 1. The van der Waals surface area contributed by atoms with E-state index in [-0.39, 0.29) is 17.8 Å². The van der Waals surface area contributed by atoms with Crippen LogP contribution >= 0.6 is 0 Å². The Bertz CT molecular complexity index is 320. The van der Waals surface area contributed by atoms with Crippen LogP contribution in [0.15, 0.2) is 5.16 Å². The van der Waals surface area contributed by atoms with Crippen molar-refractivity contribution in [2.45, 2.75) is 32.8 Å². The molecule has 0 aromatic carbocycles. The summed E-state index contributed by atoms with van der Waals surface area (Å²) >= 11 is 0. The van der Waals surface area contributed by atoms with Gasteiger partial charge in [-0.05, 0) is 18.8 Å². The smallest absolute Gasteiger partial charge is 0.233 e. The van der Waals surface area contributed by atoms with Crippen LogP contribution in [0.1, 0.15) is 26.7 Å². The topological polar surface area (TPSA) is 88.2 Å². The third kappa shape index (κ3) is 3.13. The summed E-state index contributed by atoms with van der Waals surface area (Å²) in [5.41, 5.74) is 5.55. The number of hydrogen-bond donors (Lipinski definition) is 2. The number of hydrogen-bond acceptors (Lipinski definition) is 4. The zero-order chi connectivity index (χ0) is 13.7. The predicted octanol–water partition coefficient (Wildman–Crippen LogP) is 0.642. The van der Waals surface area contributed by atoms with Gasteiger partial charge in [-0.2, -0.15) is 0 Å². The number of nitrogens with zero attached hydrogens (tertiary/aromatic N) is 2. The molecule has 18 heavy (non-hydrogen) atoms. The van der Waals surface area contributed by atoms with E-state index in [2.05, 4.69) is 12.1 Å². The number of oxime groups is 1. The van der Waals surface area contributed by atoms with E-state index in [1.54, 1.807) is 12.0 Å². The van der Waals surface area contributed by atoms with Crippen molar-refractivity contribution < 1.29 is 14.7 Å². The van der Waals surface area contributed by atoms with Crippen molar-refractivity contribution in [1.29, 1.82) is 0 Å². The van der Waals surface area contributed by atoms with Gasteiger partial charge in [-0.15, -0.1) is 0 Å². The van der Waals surface area contributed by atoms with E-state index < -0.39 is 5.92 Å². The number of amides is 1. The van der Waals surface area contributed by atoms with Crippen LogP contribution in [0.5, 0.6) is 0 Å². The van der Waals surface area contributed by atoms with Crippen molar-refractivity contribution in [3.8, 4) is 0 Å². The van der Waals surface area contributed by atoms with Crippen molar-refractivity contribution in [3.63, 3.8) is 0 Å². The number of likely N-dealkylation sites (tertiary alicyclic amines) is 1. The molecule has 1 fully saturated rings. The average Bonchev–Trinajstić information content (AvgIpc) is 2.39. The van der Waals surface area contributed by atoms with Crippen molar-refractivity contribution in [2.24, 2.45) is 22.7 Å². The fraction of sp³-hybridized carbons (Fsp3) is 0.833. The minimum Gasteiger partial charge on any atom is -0.409 e. The fourth-order valence-electron chi connectivity index (χ4n) is 2.34. The summed E-state index contributed by atoms with van der Waals surface area (Å²) in [5, 5.41) is 11.6. The lowest BCUT2D eigenvalue weighted by molar-refractivity contribution is -0.138. The maximum absolute atomic E-state index is 12.3. The highest BCUT2D eigenvalue weighted by Gasteiger charge is 2.33. The van der Waals surface area contributed by atoms with Crippen LogP contribution in [0.4, 0.5) is 0 Å². The van der Waals surface area contributed by atoms with Crippen molar-refractivity contribution in [3.05, 3.63) is 0 Å². The van der Waals surface area contributed by atoms with Crippen LogP contribution in [-0.4, -0.2) is 48.2 Å². The first-order chi connectivity index (χ1) is 8.54. The highest BCUT2D eigenvalue weighted by Crippen LogP contribution is 2.21. The van der Waals surface area contributed by atoms with Gasteiger partial charge in [0.15, 0.2) is 5.84 Å². The van der Waals surface area contributed by atoms with E-state index >= 15 is 0 Å². The van der Waals surface area contributed by atoms with Gasteiger partial charge in [0, 0.05) is 20.2 Å². The molecule has 1 saturated heterocycles. The Balaban J connectivity index is 2.72. The minimum absolute atomic E-state index is 0.0184. The molecule has 1 amide bonds. The molecule has 1 aliphatic rings. The Morgan fingerprint density at radius 1 is 1.67 bits per heavy atom. The molecule has 1 heterocycles. The van der Waals surface area contributed by atoms with E-state index in [0.29, 0.717) is 25.4 Å². The molecule has 0 aliphatic carbocycles. The molecular formula is C12H23N3O3. The Morgan fingerprint density at radius 2 is 2.33 bits per heavy atom. The second kappa shape index (κ2) is 6.58. The molecule has 0 spiro atoms. The first kappa shape index (κ1) is 14.8. The highest BCUT2D eigenvalue weighted by atomic mass is 16.5. The van der Waals surface area contributed by atoms with Crippen LogP contribution < -0.4 is 5.73 Å². The van der Waals surface area contributed by atoms with Gasteiger partial charge < -0.3 is 20.6 Å². The summed E-state index contributed by atoms with van der Waals surface area (Å²) in [7, 11) is 1.66. The van der Waals surface area contributed by atoms with Crippen LogP contribution in [0, 0.1) is 11.8 Å². The van der Waals surface area contributed by atoms with Gasteiger partial charge >= 0.3 is 0 Å². The maximum atomic E-state index is 12.3. The second-order valence-electron chi connectivity index (χ2n) is 4.81. The Labute approximate surface area is 108 Å². The summed E-state index contributed by atoms with van der Waals surface area (Å²) in [6, 6.07) is 0. The normalized spacial score (nSPS) is 27.1. The highest BCUT2D eigenvalue weighted by molar-refractivity contribution is 6.02. The maximum Gasteiger partial charge on any atom is 0.233 e. The Morgan fingerprint density at radius 3 is 2.83 bits per heavy atom. The first-order valence-corrected chi connectivity index (χ1v) is 6.34. The average molecular weight is 257 g/mol. The molecule has 104 valence electrons. The minimum atomic E-state index is -0.541. The summed E-state index contributed by atoms with van der Waals surface area (Å²) in [4.78, 5) is 14.0. The van der Waals surface area contributed by atoms with Gasteiger partial charge in [0.2, 0.25) is 5.91 Å². The standard InChI is InChI=1S/C12H23N3O3/c1-4-9(11(13)14-17)12(16)15-6-5-8(2)10(7-15)18-3/h8-10,17H,4-7H2,1-3H3,(H2,13,14). The molecule has 1 rings (SSSR count). The molecule has 3 atom stereocenters. The lowest BCUT2D eigenvalue weighted by atomic mass is 9.94. The quantitative estimate of drug-likeness (QED) is 0.335. The SMILES string of the molecule is CCC(C(=O)N1CCC(C)C(OC)C1)C(N)=NO. The summed E-state index contributed by atoms with van der Waals surface area (Å²) < 4.78 is 5.38. The molecule has 0 aromatic heterocycles. The van der Waals surface area contributed by atoms with Crippen molar-refractivity contribution >= 4 is 11.7 Å². The van der Waals surface area contributed by atoms with E-state index in [1.165, 1.54) is 0 Å². The van der Waals surface area contributed by atoms with E-state index in [0.717, 1.165) is 6.42 Å². The van der Waals surface area contributed by atoms with Crippen LogP contribution in [0.3, 0.4) is 0 Å². The van der Waals surface area contributed by atoms with Crippen molar-refractivity contribution in [1.82, 2.24) is 4.90 Å². The predicted molar refractivity (Wildman–Crippen MR) is 68.3 cm³/mol. The number of carbonyl (C=O) groups is 1. The van der Waals surface area contributed by atoms with Crippen LogP contribution in [0.2, 0.25) is 0 Å². The van der Waals surface area contributed by atoms with Gasteiger partial charge in [-0.1, -0.05) is 19.0 Å². The Kier molecular flexibility index (Phi) is 5.40. The molecule has 0 bridgehead atoms.